The molecule has 0 saturated carbocycles. The molecule has 1 amide bonds. The molecule has 1 fully saturated rings. The quantitative estimate of drug-likeness (QED) is 0.916. The number of fused-ring (bicyclic) bond motifs is 1. The molecule has 0 radical (unpaired) electrons. The van der Waals surface area contributed by atoms with E-state index in [9.17, 15) is 4.79 Å². The van der Waals surface area contributed by atoms with Crippen LogP contribution in [0.5, 0.6) is 0 Å². The first-order chi connectivity index (χ1) is 9.65. The first kappa shape index (κ1) is 13.7. The summed E-state index contributed by atoms with van der Waals surface area (Å²) < 4.78 is 6.23. The topological polar surface area (TPSA) is 64.4 Å². The van der Waals surface area contributed by atoms with Gasteiger partial charge in [0, 0.05) is 34.2 Å². The standard InChI is InChI=1S/C14H15ClN2O2S/c15-9-1-2-10-11(5-9)20-13(12(10)16)14(18)17-6-8-3-4-19-7-8/h1-2,5,8H,3-4,6-7,16H2,(H,17,18). The molecule has 20 heavy (non-hydrogen) atoms. The number of hydrogen-bond donors (Lipinski definition) is 2. The molecule has 1 unspecified atom stereocenters. The molecule has 1 aromatic carbocycles. The van der Waals surface area contributed by atoms with Crippen molar-refractivity contribution in [2.24, 2.45) is 5.92 Å². The van der Waals surface area contributed by atoms with Crippen LogP contribution in [0.4, 0.5) is 5.69 Å². The van der Waals surface area contributed by atoms with Crippen molar-refractivity contribution in [2.45, 2.75) is 6.42 Å². The van der Waals surface area contributed by atoms with E-state index in [0.717, 1.165) is 29.7 Å². The Labute approximate surface area is 125 Å². The van der Waals surface area contributed by atoms with Crippen LogP contribution in [-0.2, 0) is 4.74 Å². The van der Waals surface area contributed by atoms with Crippen LogP contribution in [0.15, 0.2) is 18.2 Å². The highest BCUT2D eigenvalue weighted by Crippen LogP contribution is 2.35. The van der Waals surface area contributed by atoms with E-state index in [1.807, 2.05) is 12.1 Å². The molecule has 0 bridgehead atoms. The van der Waals surface area contributed by atoms with Crippen LogP contribution in [0.1, 0.15) is 16.1 Å². The number of thiophene rings is 1. The van der Waals surface area contributed by atoms with Gasteiger partial charge in [-0.15, -0.1) is 11.3 Å². The van der Waals surface area contributed by atoms with Gasteiger partial charge in [-0.1, -0.05) is 11.6 Å². The lowest BCUT2D eigenvalue weighted by molar-refractivity contribution is 0.0950. The van der Waals surface area contributed by atoms with Crippen LogP contribution < -0.4 is 11.1 Å². The van der Waals surface area contributed by atoms with Crippen LogP contribution >= 0.6 is 22.9 Å². The summed E-state index contributed by atoms with van der Waals surface area (Å²) in [4.78, 5) is 12.8. The Kier molecular flexibility index (Phi) is 3.83. The van der Waals surface area contributed by atoms with Crippen molar-refractivity contribution in [3.63, 3.8) is 0 Å². The summed E-state index contributed by atoms with van der Waals surface area (Å²) in [5.74, 6) is 0.288. The van der Waals surface area contributed by atoms with Gasteiger partial charge in [-0.25, -0.2) is 0 Å². The van der Waals surface area contributed by atoms with Crippen LogP contribution in [0.25, 0.3) is 10.1 Å². The smallest absolute Gasteiger partial charge is 0.263 e. The Morgan fingerprint density at radius 2 is 2.40 bits per heavy atom. The minimum absolute atomic E-state index is 0.119. The maximum absolute atomic E-state index is 12.2. The largest absolute Gasteiger partial charge is 0.397 e. The van der Waals surface area contributed by atoms with E-state index in [0.29, 0.717) is 28.0 Å². The van der Waals surface area contributed by atoms with Crippen molar-refractivity contribution in [3.8, 4) is 0 Å². The van der Waals surface area contributed by atoms with Crippen LogP contribution in [0.3, 0.4) is 0 Å². The van der Waals surface area contributed by atoms with Gasteiger partial charge in [0.2, 0.25) is 0 Å². The van der Waals surface area contributed by atoms with Crippen molar-refractivity contribution in [2.75, 3.05) is 25.5 Å². The zero-order valence-electron chi connectivity index (χ0n) is 10.8. The number of carbonyl (C=O) groups excluding carboxylic acids is 1. The van der Waals surface area contributed by atoms with E-state index in [1.54, 1.807) is 6.07 Å². The van der Waals surface area contributed by atoms with E-state index < -0.39 is 0 Å². The highest BCUT2D eigenvalue weighted by atomic mass is 35.5. The van der Waals surface area contributed by atoms with Crippen molar-refractivity contribution >= 4 is 44.6 Å². The highest BCUT2D eigenvalue weighted by Gasteiger charge is 2.20. The number of amides is 1. The fourth-order valence-electron chi connectivity index (χ4n) is 2.32. The average Bonchev–Trinajstić information content (AvgIpc) is 3.04. The van der Waals surface area contributed by atoms with Crippen LogP contribution in [0, 0.1) is 5.92 Å². The summed E-state index contributed by atoms with van der Waals surface area (Å²) in [5.41, 5.74) is 6.58. The molecule has 3 rings (SSSR count). The lowest BCUT2D eigenvalue weighted by atomic mass is 10.1. The Hall–Kier alpha value is -1.30. The first-order valence-corrected chi connectivity index (χ1v) is 7.68. The number of rotatable bonds is 3. The number of benzene rings is 1. The van der Waals surface area contributed by atoms with Crippen molar-refractivity contribution in [3.05, 3.63) is 28.1 Å². The van der Waals surface area contributed by atoms with E-state index >= 15 is 0 Å². The number of anilines is 1. The lowest BCUT2D eigenvalue weighted by Crippen LogP contribution is -2.29. The van der Waals surface area contributed by atoms with Gasteiger partial charge in [0.05, 0.1) is 12.3 Å². The number of nitrogens with two attached hydrogens (primary N) is 1. The molecular weight excluding hydrogens is 296 g/mol. The zero-order valence-corrected chi connectivity index (χ0v) is 12.4. The summed E-state index contributed by atoms with van der Waals surface area (Å²) in [6.45, 7) is 2.13. The van der Waals surface area contributed by atoms with Crippen LogP contribution in [-0.4, -0.2) is 25.7 Å². The Morgan fingerprint density at radius 3 is 3.15 bits per heavy atom. The van der Waals surface area contributed by atoms with E-state index in [4.69, 9.17) is 22.1 Å². The molecule has 106 valence electrons. The first-order valence-electron chi connectivity index (χ1n) is 6.48. The maximum Gasteiger partial charge on any atom is 0.263 e. The molecule has 1 aliphatic heterocycles. The number of halogens is 1. The molecule has 0 spiro atoms. The van der Waals surface area contributed by atoms with Gasteiger partial charge in [0.1, 0.15) is 4.88 Å². The summed E-state index contributed by atoms with van der Waals surface area (Å²) in [7, 11) is 0. The van der Waals surface area contributed by atoms with Crippen molar-refractivity contribution in [1.82, 2.24) is 5.32 Å². The molecule has 4 nitrogen and oxygen atoms in total. The highest BCUT2D eigenvalue weighted by molar-refractivity contribution is 7.21. The predicted octanol–water partition coefficient (Wildman–Crippen LogP) is 2.90. The molecular formula is C14H15ClN2O2S. The second-order valence-electron chi connectivity index (χ2n) is 4.92. The number of nitrogen functional groups attached to an aromatic ring is 1. The summed E-state index contributed by atoms with van der Waals surface area (Å²) in [6.07, 6.45) is 0.998. The maximum atomic E-state index is 12.2. The number of hydrogen-bond acceptors (Lipinski definition) is 4. The molecule has 6 heteroatoms. The Bertz CT molecular complexity index is 650. The van der Waals surface area contributed by atoms with E-state index in [-0.39, 0.29) is 5.91 Å². The molecule has 1 atom stereocenters. The predicted molar refractivity (Wildman–Crippen MR) is 82.5 cm³/mol. The van der Waals surface area contributed by atoms with Gasteiger partial charge in [-0.2, -0.15) is 0 Å². The normalized spacial score (nSPS) is 18.6. The Morgan fingerprint density at radius 1 is 1.55 bits per heavy atom. The fraction of sp³-hybridized carbons (Fsp3) is 0.357. The van der Waals surface area contributed by atoms with Gasteiger partial charge < -0.3 is 15.8 Å². The average molecular weight is 311 g/mol. The van der Waals surface area contributed by atoms with Gasteiger partial charge in [0.15, 0.2) is 0 Å². The van der Waals surface area contributed by atoms with Gasteiger partial charge in [0.25, 0.3) is 5.91 Å². The fourth-order valence-corrected chi connectivity index (χ4v) is 3.64. The van der Waals surface area contributed by atoms with Gasteiger partial charge >= 0.3 is 0 Å². The molecule has 2 aromatic rings. The van der Waals surface area contributed by atoms with Crippen molar-refractivity contribution in [1.29, 1.82) is 0 Å². The minimum atomic E-state index is -0.119. The third-order valence-electron chi connectivity index (χ3n) is 3.47. The lowest BCUT2D eigenvalue weighted by Gasteiger charge is -2.08. The SMILES string of the molecule is Nc1c(C(=O)NCC2CCOC2)sc2cc(Cl)ccc12. The number of carbonyl (C=O) groups is 1. The van der Waals surface area contributed by atoms with Gasteiger partial charge in [-0.05, 0) is 24.6 Å². The molecule has 1 aromatic heterocycles. The zero-order chi connectivity index (χ0) is 14.1. The molecule has 1 aliphatic rings. The number of ether oxygens (including phenoxy) is 1. The molecule has 1 saturated heterocycles. The van der Waals surface area contributed by atoms with Crippen LogP contribution in [0.2, 0.25) is 5.02 Å². The monoisotopic (exact) mass is 310 g/mol. The van der Waals surface area contributed by atoms with E-state index in [2.05, 4.69) is 5.32 Å². The van der Waals surface area contributed by atoms with Crippen molar-refractivity contribution < 1.29 is 9.53 Å². The van der Waals surface area contributed by atoms with Gasteiger partial charge in [-0.3, -0.25) is 4.79 Å². The summed E-state index contributed by atoms with van der Waals surface area (Å²) in [5, 5.41) is 4.47. The molecule has 0 aliphatic carbocycles. The second kappa shape index (κ2) is 5.60. The Balaban J connectivity index is 1.78. The second-order valence-corrected chi connectivity index (χ2v) is 6.41. The minimum Gasteiger partial charge on any atom is -0.397 e. The van der Waals surface area contributed by atoms with E-state index in [1.165, 1.54) is 11.3 Å². The summed E-state index contributed by atoms with van der Waals surface area (Å²) >= 11 is 7.33. The third kappa shape index (κ3) is 2.61. The summed E-state index contributed by atoms with van der Waals surface area (Å²) in [6, 6.07) is 5.47. The number of nitrogens with one attached hydrogen (secondary N) is 1. The molecule has 2 heterocycles. The molecule has 3 N–H and O–H groups in total. The third-order valence-corrected chi connectivity index (χ3v) is 4.87.